The number of ether oxygens (including phenoxy) is 1. The Morgan fingerprint density at radius 2 is 1.64 bits per heavy atom. The highest BCUT2D eigenvalue weighted by atomic mass is 16.5. The summed E-state index contributed by atoms with van der Waals surface area (Å²) < 4.78 is 5.21. The highest BCUT2D eigenvalue weighted by Gasteiger charge is 2.30. The molecule has 5 heteroatoms. The van der Waals surface area contributed by atoms with Crippen molar-refractivity contribution in [2.75, 3.05) is 33.8 Å². The van der Waals surface area contributed by atoms with Crippen molar-refractivity contribution in [3.05, 3.63) is 54.1 Å². The van der Waals surface area contributed by atoms with Crippen LogP contribution in [0.3, 0.4) is 0 Å². The third-order valence-corrected chi connectivity index (χ3v) is 5.39. The Morgan fingerprint density at radius 1 is 1.04 bits per heavy atom. The van der Waals surface area contributed by atoms with Crippen molar-refractivity contribution < 1.29 is 14.3 Å². The van der Waals surface area contributed by atoms with Crippen LogP contribution in [0, 0.1) is 5.92 Å². The van der Waals surface area contributed by atoms with Crippen LogP contribution in [0.4, 0.5) is 0 Å². The number of amides is 2. The fourth-order valence-electron chi connectivity index (χ4n) is 3.63. The van der Waals surface area contributed by atoms with E-state index in [9.17, 15) is 9.59 Å². The van der Waals surface area contributed by atoms with Crippen LogP contribution in [0.25, 0.3) is 11.1 Å². The maximum Gasteiger partial charge on any atom is 0.227 e. The predicted octanol–water partition coefficient (Wildman–Crippen LogP) is 3.23. The first kappa shape index (κ1) is 19.9. The van der Waals surface area contributed by atoms with Crippen molar-refractivity contribution in [2.24, 2.45) is 5.92 Å². The van der Waals surface area contributed by atoms with Crippen molar-refractivity contribution >= 4 is 11.8 Å². The van der Waals surface area contributed by atoms with Gasteiger partial charge in [-0.1, -0.05) is 43.3 Å². The summed E-state index contributed by atoms with van der Waals surface area (Å²) in [5, 5.41) is 0. The second-order valence-corrected chi connectivity index (χ2v) is 7.28. The molecule has 5 nitrogen and oxygen atoms in total. The lowest BCUT2D eigenvalue weighted by Crippen LogP contribution is -2.37. The van der Waals surface area contributed by atoms with E-state index >= 15 is 0 Å². The topological polar surface area (TPSA) is 49.9 Å². The fraction of sp³-hybridized carbons (Fsp3) is 0.391. The number of methoxy groups -OCH3 is 1. The normalized spacial score (nSPS) is 17.4. The van der Waals surface area contributed by atoms with Crippen LogP contribution in [-0.4, -0.2) is 55.4 Å². The number of benzene rings is 2. The van der Waals surface area contributed by atoms with Crippen LogP contribution in [0.1, 0.15) is 18.9 Å². The molecule has 0 bridgehead atoms. The number of likely N-dealkylation sites (N-methyl/N-ethyl adjacent to an activating group) is 1. The van der Waals surface area contributed by atoms with Crippen LogP contribution >= 0.6 is 0 Å². The molecule has 28 heavy (non-hydrogen) atoms. The summed E-state index contributed by atoms with van der Waals surface area (Å²) in [6.45, 7) is 3.57. The first-order valence-electron chi connectivity index (χ1n) is 9.78. The zero-order valence-electron chi connectivity index (χ0n) is 16.9. The summed E-state index contributed by atoms with van der Waals surface area (Å²) >= 11 is 0. The largest absolute Gasteiger partial charge is 0.497 e. The van der Waals surface area contributed by atoms with Crippen molar-refractivity contribution in [1.29, 1.82) is 0 Å². The molecular formula is C23H28N2O3. The van der Waals surface area contributed by atoms with Gasteiger partial charge in [0.05, 0.1) is 13.0 Å². The Morgan fingerprint density at radius 3 is 2.21 bits per heavy atom. The van der Waals surface area contributed by atoms with Crippen LogP contribution in [-0.2, 0) is 16.0 Å². The number of hydrogen-bond acceptors (Lipinski definition) is 3. The Balaban J connectivity index is 1.73. The highest BCUT2D eigenvalue weighted by Crippen LogP contribution is 2.24. The maximum absolute atomic E-state index is 12.7. The van der Waals surface area contributed by atoms with Crippen molar-refractivity contribution in [1.82, 2.24) is 9.80 Å². The summed E-state index contributed by atoms with van der Waals surface area (Å²) in [4.78, 5) is 28.5. The van der Waals surface area contributed by atoms with E-state index in [1.54, 1.807) is 12.0 Å². The van der Waals surface area contributed by atoms with Gasteiger partial charge in [-0.05, 0) is 35.2 Å². The van der Waals surface area contributed by atoms with Crippen LogP contribution in [0.5, 0.6) is 5.75 Å². The predicted molar refractivity (Wildman–Crippen MR) is 110 cm³/mol. The third kappa shape index (κ3) is 4.53. The lowest BCUT2D eigenvalue weighted by molar-refractivity contribution is -0.133. The zero-order valence-corrected chi connectivity index (χ0v) is 16.9. The van der Waals surface area contributed by atoms with E-state index in [1.165, 1.54) is 0 Å². The summed E-state index contributed by atoms with van der Waals surface area (Å²) in [6.07, 6.45) is 1.11. The summed E-state index contributed by atoms with van der Waals surface area (Å²) in [5.74, 6) is 0.867. The minimum atomic E-state index is -0.199. The molecule has 3 rings (SSSR count). The van der Waals surface area contributed by atoms with Gasteiger partial charge in [0.25, 0.3) is 0 Å². The molecule has 1 atom stereocenters. The molecule has 0 unspecified atom stereocenters. The van der Waals surface area contributed by atoms with E-state index in [4.69, 9.17) is 4.74 Å². The molecule has 0 spiro atoms. The van der Waals surface area contributed by atoms with Gasteiger partial charge in [0.2, 0.25) is 11.8 Å². The van der Waals surface area contributed by atoms with Gasteiger partial charge in [0.15, 0.2) is 0 Å². The van der Waals surface area contributed by atoms with Crippen LogP contribution in [0.15, 0.2) is 48.5 Å². The average Bonchev–Trinajstić information content (AvgIpc) is 2.87. The van der Waals surface area contributed by atoms with Gasteiger partial charge >= 0.3 is 0 Å². The van der Waals surface area contributed by atoms with Crippen molar-refractivity contribution in [3.8, 4) is 16.9 Å². The van der Waals surface area contributed by atoms with E-state index in [0.29, 0.717) is 32.5 Å². The minimum Gasteiger partial charge on any atom is -0.497 e. The van der Waals surface area contributed by atoms with Gasteiger partial charge in [-0.2, -0.15) is 0 Å². The molecule has 2 amide bonds. The summed E-state index contributed by atoms with van der Waals surface area (Å²) in [7, 11) is 3.48. The van der Waals surface area contributed by atoms with E-state index < -0.39 is 0 Å². The molecule has 2 aromatic rings. The van der Waals surface area contributed by atoms with E-state index in [-0.39, 0.29) is 17.7 Å². The number of hydrogen-bond donors (Lipinski definition) is 0. The van der Waals surface area contributed by atoms with Gasteiger partial charge in [-0.25, -0.2) is 0 Å². The van der Waals surface area contributed by atoms with E-state index in [0.717, 1.165) is 22.4 Å². The van der Waals surface area contributed by atoms with E-state index in [2.05, 4.69) is 24.3 Å². The van der Waals surface area contributed by atoms with Gasteiger partial charge in [-0.15, -0.1) is 0 Å². The second-order valence-electron chi connectivity index (χ2n) is 7.28. The molecule has 1 fully saturated rings. The lowest BCUT2D eigenvalue weighted by atomic mass is 9.95. The summed E-state index contributed by atoms with van der Waals surface area (Å²) in [5.41, 5.74) is 3.35. The monoisotopic (exact) mass is 380 g/mol. The number of nitrogens with zero attached hydrogens (tertiary/aromatic N) is 2. The molecule has 148 valence electrons. The van der Waals surface area contributed by atoms with Crippen LogP contribution < -0.4 is 4.74 Å². The molecule has 1 saturated heterocycles. The molecule has 0 radical (unpaired) electrons. The van der Waals surface area contributed by atoms with Crippen molar-refractivity contribution in [2.45, 2.75) is 19.8 Å². The molecule has 1 aliphatic rings. The minimum absolute atomic E-state index is 0.114. The zero-order chi connectivity index (χ0) is 20.1. The number of carbonyl (C=O) groups excluding carboxylic acids is 2. The first-order valence-corrected chi connectivity index (χ1v) is 9.78. The molecule has 1 aliphatic heterocycles. The quantitative estimate of drug-likeness (QED) is 0.800. The van der Waals surface area contributed by atoms with Gasteiger partial charge < -0.3 is 14.5 Å². The molecule has 0 saturated carbocycles. The molecule has 0 N–H and O–H groups in total. The first-order chi connectivity index (χ1) is 13.5. The van der Waals surface area contributed by atoms with Crippen molar-refractivity contribution in [3.63, 3.8) is 0 Å². The van der Waals surface area contributed by atoms with Crippen LogP contribution in [0.2, 0.25) is 0 Å². The maximum atomic E-state index is 12.7. The Hall–Kier alpha value is -2.82. The van der Waals surface area contributed by atoms with E-state index in [1.807, 2.05) is 43.1 Å². The molecule has 0 aliphatic carbocycles. The fourth-order valence-corrected chi connectivity index (χ4v) is 3.63. The highest BCUT2D eigenvalue weighted by molar-refractivity contribution is 5.82. The average molecular weight is 380 g/mol. The number of rotatable bonds is 5. The molecular weight excluding hydrogens is 352 g/mol. The smallest absolute Gasteiger partial charge is 0.227 e. The second kappa shape index (κ2) is 8.91. The standard InChI is InChI=1S/C23H28N2O3/c1-4-22(26)25-14-13-24(2)23(27)20(16-25)15-17-5-7-18(8-6-17)19-9-11-21(28-3)12-10-19/h5-12,20H,4,13-16H2,1-3H3/t20-/m1/s1. The van der Waals surface area contributed by atoms with Gasteiger partial charge in [0.1, 0.15) is 5.75 Å². The number of carbonyl (C=O) groups is 2. The molecule has 1 heterocycles. The Labute approximate surface area is 166 Å². The van der Waals surface area contributed by atoms with Gasteiger partial charge in [0, 0.05) is 33.1 Å². The Kier molecular flexibility index (Phi) is 6.34. The summed E-state index contributed by atoms with van der Waals surface area (Å²) in [6, 6.07) is 16.3. The van der Waals surface area contributed by atoms with Gasteiger partial charge in [-0.3, -0.25) is 9.59 Å². The Bertz CT molecular complexity index is 815. The third-order valence-electron chi connectivity index (χ3n) is 5.39. The SMILES string of the molecule is CCC(=O)N1CCN(C)C(=O)[C@H](Cc2ccc(-c3ccc(OC)cc3)cc2)C1. The molecule has 2 aromatic carbocycles. The lowest BCUT2D eigenvalue weighted by Gasteiger charge is -2.23. The molecule has 0 aromatic heterocycles.